The number of amides is 1. The summed E-state index contributed by atoms with van der Waals surface area (Å²) in [6, 6.07) is 19.6. The lowest BCUT2D eigenvalue weighted by molar-refractivity contribution is 0.0674. The number of benzene rings is 2. The van der Waals surface area contributed by atoms with Crippen LogP contribution in [0.4, 0.5) is 0 Å². The predicted molar refractivity (Wildman–Crippen MR) is 128 cm³/mol. The number of nitrogens with zero attached hydrogens (tertiary/aromatic N) is 4. The van der Waals surface area contributed by atoms with E-state index in [1.54, 1.807) is 16.2 Å². The molecule has 1 aliphatic rings. The van der Waals surface area contributed by atoms with Crippen molar-refractivity contribution in [1.29, 1.82) is 0 Å². The van der Waals surface area contributed by atoms with E-state index in [-0.39, 0.29) is 11.5 Å². The molecule has 7 heteroatoms. The van der Waals surface area contributed by atoms with Gasteiger partial charge in [0, 0.05) is 32.2 Å². The Hall–Kier alpha value is -3.19. The van der Waals surface area contributed by atoms with Gasteiger partial charge in [0.1, 0.15) is 5.69 Å². The highest BCUT2D eigenvalue weighted by atomic mass is 32.1. The van der Waals surface area contributed by atoms with Crippen LogP contribution < -0.4 is 5.56 Å². The van der Waals surface area contributed by atoms with Crippen molar-refractivity contribution in [3.8, 4) is 11.3 Å². The maximum atomic E-state index is 13.1. The van der Waals surface area contributed by atoms with Gasteiger partial charge < -0.3 is 4.90 Å². The van der Waals surface area contributed by atoms with Crippen molar-refractivity contribution >= 4 is 27.5 Å². The summed E-state index contributed by atoms with van der Waals surface area (Å²) < 4.78 is 4.61. The summed E-state index contributed by atoms with van der Waals surface area (Å²) in [5.41, 5.74) is 2.57. The molecule has 1 amide bonds. The van der Waals surface area contributed by atoms with Crippen LogP contribution >= 0.6 is 11.5 Å². The van der Waals surface area contributed by atoms with Gasteiger partial charge in [0.2, 0.25) is 0 Å². The summed E-state index contributed by atoms with van der Waals surface area (Å²) in [6.45, 7) is 2.24. The number of hydrogen-bond donors (Lipinski definition) is 0. The molecule has 2 aromatic heterocycles. The Morgan fingerprint density at radius 1 is 1.06 bits per heavy atom. The Bertz CT molecular complexity index is 1300. The third-order valence-electron chi connectivity index (χ3n) is 6.36. The van der Waals surface area contributed by atoms with Crippen LogP contribution in [-0.2, 0) is 13.6 Å². The Balaban J connectivity index is 1.19. The smallest absolute Gasteiger partial charge is 0.272 e. The zero-order valence-electron chi connectivity index (χ0n) is 18.1. The van der Waals surface area contributed by atoms with Gasteiger partial charge in [0.05, 0.1) is 15.8 Å². The molecule has 0 N–H and O–H groups in total. The maximum Gasteiger partial charge on any atom is 0.272 e. The molecule has 0 unspecified atom stereocenters. The summed E-state index contributed by atoms with van der Waals surface area (Å²) in [6.07, 6.45) is 2.90. The standard InChI is InChI=1S/C25H26N4O2S/c1-27-22(17-21(26-27)19-7-3-2-4-8-19)25(31)28-14-11-18(12-15-28)13-16-29-24(30)20-9-5-6-10-23(20)32-29/h2-10,17-18H,11-16H2,1H3. The van der Waals surface area contributed by atoms with Gasteiger partial charge in [-0.3, -0.25) is 18.2 Å². The second-order valence-electron chi connectivity index (χ2n) is 8.42. The molecule has 2 aromatic carbocycles. The second-order valence-corrected chi connectivity index (χ2v) is 9.49. The highest BCUT2D eigenvalue weighted by Crippen LogP contribution is 2.25. The lowest BCUT2D eigenvalue weighted by Crippen LogP contribution is -2.39. The van der Waals surface area contributed by atoms with E-state index in [1.807, 2.05) is 76.6 Å². The number of fused-ring (bicyclic) bond motifs is 1. The molecule has 0 radical (unpaired) electrons. The first-order valence-electron chi connectivity index (χ1n) is 11.1. The molecule has 4 aromatic rings. The van der Waals surface area contributed by atoms with E-state index >= 15 is 0 Å². The molecule has 1 aliphatic heterocycles. The van der Waals surface area contributed by atoms with E-state index < -0.39 is 0 Å². The Morgan fingerprint density at radius 3 is 2.53 bits per heavy atom. The molecular weight excluding hydrogens is 420 g/mol. The van der Waals surface area contributed by atoms with Crippen molar-refractivity contribution in [3.63, 3.8) is 0 Å². The number of likely N-dealkylation sites (tertiary alicyclic amines) is 1. The van der Waals surface area contributed by atoms with Gasteiger partial charge in [-0.2, -0.15) is 5.10 Å². The monoisotopic (exact) mass is 446 g/mol. The number of aromatic nitrogens is 3. The summed E-state index contributed by atoms with van der Waals surface area (Å²) in [5, 5.41) is 5.35. The largest absolute Gasteiger partial charge is 0.337 e. The Labute approximate surface area is 190 Å². The zero-order chi connectivity index (χ0) is 22.1. The SMILES string of the molecule is Cn1nc(-c2ccccc2)cc1C(=O)N1CCC(CCn2sc3ccccc3c2=O)CC1. The summed E-state index contributed by atoms with van der Waals surface area (Å²) in [7, 11) is 1.83. The highest BCUT2D eigenvalue weighted by Gasteiger charge is 2.26. The number of carbonyl (C=O) groups is 1. The van der Waals surface area contributed by atoms with Crippen LogP contribution in [0.2, 0.25) is 0 Å². The number of aryl methyl sites for hydroxylation is 2. The first-order chi connectivity index (χ1) is 15.6. The van der Waals surface area contributed by atoms with Crippen LogP contribution in [0.3, 0.4) is 0 Å². The minimum atomic E-state index is 0.0429. The summed E-state index contributed by atoms with van der Waals surface area (Å²) in [5.74, 6) is 0.573. The molecule has 3 heterocycles. The third-order valence-corrected chi connectivity index (χ3v) is 7.48. The quantitative estimate of drug-likeness (QED) is 0.456. The third kappa shape index (κ3) is 4.00. The fraction of sp³-hybridized carbons (Fsp3) is 0.320. The van der Waals surface area contributed by atoms with Gasteiger partial charge in [-0.1, -0.05) is 54.0 Å². The molecule has 164 valence electrons. The van der Waals surface area contributed by atoms with Crippen molar-refractivity contribution in [2.24, 2.45) is 13.0 Å². The molecule has 0 bridgehead atoms. The molecule has 0 saturated carbocycles. The van der Waals surface area contributed by atoms with Gasteiger partial charge in [0.15, 0.2) is 0 Å². The molecule has 0 atom stereocenters. The lowest BCUT2D eigenvalue weighted by atomic mass is 9.93. The minimum Gasteiger partial charge on any atom is -0.337 e. The number of carbonyl (C=O) groups excluding carboxylic acids is 1. The van der Waals surface area contributed by atoms with Gasteiger partial charge in [-0.25, -0.2) is 0 Å². The molecule has 5 rings (SSSR count). The normalized spacial score (nSPS) is 14.8. The van der Waals surface area contributed by atoms with Crippen LogP contribution in [0, 0.1) is 5.92 Å². The van der Waals surface area contributed by atoms with Crippen LogP contribution in [0.5, 0.6) is 0 Å². The molecule has 1 saturated heterocycles. The zero-order valence-corrected chi connectivity index (χ0v) is 18.9. The molecule has 0 spiro atoms. The topological polar surface area (TPSA) is 60.1 Å². The average molecular weight is 447 g/mol. The maximum absolute atomic E-state index is 13.1. The Morgan fingerprint density at radius 2 is 1.78 bits per heavy atom. The molecular formula is C25H26N4O2S. The van der Waals surface area contributed by atoms with E-state index in [2.05, 4.69) is 5.10 Å². The van der Waals surface area contributed by atoms with E-state index in [0.29, 0.717) is 11.6 Å². The summed E-state index contributed by atoms with van der Waals surface area (Å²) in [4.78, 5) is 27.6. The van der Waals surface area contributed by atoms with Gasteiger partial charge in [0.25, 0.3) is 11.5 Å². The van der Waals surface area contributed by atoms with Crippen LogP contribution in [0.1, 0.15) is 29.8 Å². The van der Waals surface area contributed by atoms with Crippen molar-refractivity contribution in [3.05, 3.63) is 76.7 Å². The molecule has 6 nitrogen and oxygen atoms in total. The van der Waals surface area contributed by atoms with E-state index in [4.69, 9.17) is 0 Å². The number of rotatable bonds is 5. The molecule has 1 fully saturated rings. The van der Waals surface area contributed by atoms with Gasteiger partial charge >= 0.3 is 0 Å². The first-order valence-corrected chi connectivity index (χ1v) is 11.8. The average Bonchev–Trinajstić information content (AvgIpc) is 3.38. The fourth-order valence-corrected chi connectivity index (χ4v) is 5.48. The predicted octanol–water partition coefficient (Wildman–Crippen LogP) is 4.41. The molecule has 0 aliphatic carbocycles. The van der Waals surface area contributed by atoms with E-state index in [1.165, 1.54) is 0 Å². The fourth-order valence-electron chi connectivity index (χ4n) is 4.47. The van der Waals surface area contributed by atoms with E-state index in [9.17, 15) is 9.59 Å². The van der Waals surface area contributed by atoms with Crippen molar-refractivity contribution in [2.75, 3.05) is 13.1 Å². The van der Waals surface area contributed by atoms with Crippen molar-refractivity contribution in [2.45, 2.75) is 25.8 Å². The van der Waals surface area contributed by atoms with Gasteiger partial charge in [-0.05, 0) is 43.4 Å². The minimum absolute atomic E-state index is 0.0429. The number of piperidine rings is 1. The lowest BCUT2D eigenvalue weighted by Gasteiger charge is -2.32. The van der Waals surface area contributed by atoms with Gasteiger partial charge in [-0.15, -0.1) is 0 Å². The van der Waals surface area contributed by atoms with Crippen LogP contribution in [-0.4, -0.2) is 37.6 Å². The van der Waals surface area contributed by atoms with Crippen LogP contribution in [0.15, 0.2) is 65.5 Å². The first kappa shape index (κ1) is 20.7. The number of hydrogen-bond acceptors (Lipinski definition) is 4. The molecule has 32 heavy (non-hydrogen) atoms. The highest BCUT2D eigenvalue weighted by molar-refractivity contribution is 7.13. The Kier molecular flexibility index (Phi) is 5.66. The summed E-state index contributed by atoms with van der Waals surface area (Å²) >= 11 is 1.55. The van der Waals surface area contributed by atoms with Crippen LogP contribution in [0.25, 0.3) is 21.3 Å². The van der Waals surface area contributed by atoms with Crippen molar-refractivity contribution < 1.29 is 4.79 Å². The van der Waals surface area contributed by atoms with E-state index in [0.717, 1.165) is 60.2 Å². The van der Waals surface area contributed by atoms with Crippen molar-refractivity contribution in [1.82, 2.24) is 18.6 Å². The second kappa shape index (κ2) is 8.74.